The number of aromatic hydroxyl groups is 1. The smallest absolute Gasteiger partial charge is 0.336 e. The lowest BCUT2D eigenvalue weighted by Gasteiger charge is -2.10. The van der Waals surface area contributed by atoms with Crippen molar-refractivity contribution in [2.45, 2.75) is 32.3 Å². The second-order valence-electron chi connectivity index (χ2n) is 6.40. The van der Waals surface area contributed by atoms with Gasteiger partial charge in [0.1, 0.15) is 17.9 Å². The van der Waals surface area contributed by atoms with Gasteiger partial charge in [-0.2, -0.15) is 0 Å². The third-order valence-electron chi connectivity index (χ3n) is 4.28. The second-order valence-corrected chi connectivity index (χ2v) is 7.41. The van der Waals surface area contributed by atoms with E-state index in [2.05, 4.69) is 6.07 Å². The molecule has 0 fully saturated rings. The van der Waals surface area contributed by atoms with Crippen LogP contribution in [-0.4, -0.2) is 16.8 Å². The van der Waals surface area contributed by atoms with E-state index >= 15 is 0 Å². The maximum Gasteiger partial charge on any atom is 0.336 e. The van der Waals surface area contributed by atoms with Crippen LogP contribution in [0.25, 0.3) is 11.0 Å². The minimum atomic E-state index is -0.549. The van der Waals surface area contributed by atoms with Crippen molar-refractivity contribution in [3.05, 3.63) is 69.1 Å². The van der Waals surface area contributed by atoms with Crippen LogP contribution in [0.3, 0.4) is 0 Å². The van der Waals surface area contributed by atoms with Crippen molar-refractivity contribution in [1.82, 2.24) is 0 Å². The van der Waals surface area contributed by atoms with Gasteiger partial charge in [0, 0.05) is 27.5 Å². The zero-order valence-corrected chi connectivity index (χ0v) is 16.2. The zero-order chi connectivity index (χ0) is 19.6. The number of fused-ring (bicyclic) bond motifs is 1. The van der Waals surface area contributed by atoms with Gasteiger partial charge < -0.3 is 14.3 Å². The van der Waals surface area contributed by atoms with Crippen LogP contribution in [0.15, 0.2) is 50.5 Å². The molecule has 0 saturated heterocycles. The van der Waals surface area contributed by atoms with E-state index in [-0.39, 0.29) is 24.1 Å². The minimum absolute atomic E-state index is 0.0292. The predicted molar refractivity (Wildman–Crippen MR) is 105 cm³/mol. The number of phenols is 1. The first-order valence-electron chi connectivity index (χ1n) is 8.46. The zero-order valence-electron chi connectivity index (χ0n) is 15.4. The lowest BCUT2D eigenvalue weighted by molar-refractivity contribution is -0.141. The van der Waals surface area contributed by atoms with E-state index in [0.717, 1.165) is 10.5 Å². The third-order valence-corrected chi connectivity index (χ3v) is 5.43. The summed E-state index contributed by atoms with van der Waals surface area (Å²) in [6.07, 6.45) is 0. The van der Waals surface area contributed by atoms with Crippen molar-refractivity contribution in [3.63, 3.8) is 0 Å². The Bertz CT molecular complexity index is 1070. The van der Waals surface area contributed by atoms with E-state index in [1.165, 1.54) is 29.5 Å². The maximum absolute atomic E-state index is 12.1. The second kappa shape index (κ2) is 7.88. The van der Waals surface area contributed by atoms with Gasteiger partial charge in [-0.3, -0.25) is 4.79 Å². The highest BCUT2D eigenvalue weighted by molar-refractivity contribution is 8.00. The largest absolute Gasteiger partial charge is 0.508 e. The molecule has 0 amide bonds. The molecule has 3 rings (SSSR count). The van der Waals surface area contributed by atoms with Gasteiger partial charge >= 0.3 is 11.6 Å². The van der Waals surface area contributed by atoms with Gasteiger partial charge in [0.15, 0.2) is 0 Å². The van der Waals surface area contributed by atoms with Crippen molar-refractivity contribution in [1.29, 1.82) is 0 Å². The Morgan fingerprint density at radius 1 is 1.15 bits per heavy atom. The average Bonchev–Trinajstić information content (AvgIpc) is 2.62. The van der Waals surface area contributed by atoms with Crippen LogP contribution in [0.2, 0.25) is 0 Å². The molecule has 0 aliphatic carbocycles. The summed E-state index contributed by atoms with van der Waals surface area (Å²) in [5, 5.41) is 10.4. The highest BCUT2D eigenvalue weighted by Crippen LogP contribution is 2.28. The van der Waals surface area contributed by atoms with E-state index in [4.69, 9.17) is 9.15 Å². The molecule has 0 aliphatic heterocycles. The summed E-state index contributed by atoms with van der Waals surface area (Å²) in [5.74, 6) is -0.134. The molecular weight excluding hydrogens is 364 g/mol. The molecule has 0 bridgehead atoms. The number of phenolic OH excluding ortho intramolecular Hbond substituents is 1. The number of benzene rings is 2. The van der Waals surface area contributed by atoms with Gasteiger partial charge in [-0.15, -0.1) is 11.8 Å². The maximum atomic E-state index is 12.1. The van der Waals surface area contributed by atoms with Crippen LogP contribution in [0.1, 0.15) is 22.3 Å². The van der Waals surface area contributed by atoms with Gasteiger partial charge in [0.05, 0.1) is 5.75 Å². The molecule has 0 saturated carbocycles. The minimum Gasteiger partial charge on any atom is -0.508 e. The number of carbonyl (C=O) groups excluding carboxylic acids is 1. The first kappa shape index (κ1) is 19.0. The molecule has 0 radical (unpaired) electrons. The Morgan fingerprint density at radius 3 is 2.67 bits per heavy atom. The number of carbonyl (C=O) groups is 1. The summed E-state index contributed by atoms with van der Waals surface area (Å²) in [7, 11) is 0. The Balaban J connectivity index is 1.70. The quantitative estimate of drug-likeness (QED) is 0.402. The van der Waals surface area contributed by atoms with Gasteiger partial charge in [0.2, 0.25) is 0 Å². The fraction of sp³-hybridized carbons (Fsp3) is 0.238. The summed E-state index contributed by atoms with van der Waals surface area (Å²) in [5.41, 5.74) is 3.08. The molecule has 1 heterocycles. The summed E-state index contributed by atoms with van der Waals surface area (Å²) in [6.45, 7) is 5.67. The highest BCUT2D eigenvalue weighted by Gasteiger charge is 2.13. The summed E-state index contributed by atoms with van der Waals surface area (Å²) < 4.78 is 10.5. The van der Waals surface area contributed by atoms with E-state index in [9.17, 15) is 14.7 Å². The molecule has 1 aromatic heterocycles. The fourth-order valence-electron chi connectivity index (χ4n) is 2.83. The molecule has 6 heteroatoms. The van der Waals surface area contributed by atoms with Gasteiger partial charge in [-0.1, -0.05) is 17.7 Å². The summed E-state index contributed by atoms with van der Waals surface area (Å²) in [4.78, 5) is 25.0. The van der Waals surface area contributed by atoms with Crippen molar-refractivity contribution in [2.75, 3.05) is 5.75 Å². The number of rotatable bonds is 5. The van der Waals surface area contributed by atoms with Crippen molar-refractivity contribution < 1.29 is 19.1 Å². The van der Waals surface area contributed by atoms with Crippen molar-refractivity contribution >= 4 is 28.7 Å². The van der Waals surface area contributed by atoms with Crippen LogP contribution < -0.4 is 5.63 Å². The van der Waals surface area contributed by atoms with E-state index < -0.39 is 5.63 Å². The van der Waals surface area contributed by atoms with Crippen LogP contribution in [0.5, 0.6) is 5.75 Å². The van der Waals surface area contributed by atoms with Gasteiger partial charge in [-0.05, 0) is 44.5 Å². The number of ether oxygens (including phenoxy) is 1. The SMILES string of the molecule is Cc1ccc(SCC(=O)OCc2cc(=O)oc3c(C)c(O)ccc23)c(C)c1. The van der Waals surface area contributed by atoms with Gasteiger partial charge in [0.25, 0.3) is 0 Å². The predicted octanol–water partition coefficient (Wildman–Crippen LogP) is 4.26. The molecule has 140 valence electrons. The molecule has 2 aromatic carbocycles. The molecule has 27 heavy (non-hydrogen) atoms. The Labute approximate surface area is 161 Å². The number of aryl methyl sites for hydroxylation is 3. The molecule has 0 aliphatic rings. The standard InChI is InChI=1S/C21H20O5S/c1-12-4-7-18(13(2)8-12)27-11-20(24)25-10-15-9-19(23)26-21-14(3)17(22)6-5-16(15)21/h4-9,22H,10-11H2,1-3H3. The monoisotopic (exact) mass is 384 g/mol. The molecule has 0 unspecified atom stereocenters. The molecule has 3 aromatic rings. The average molecular weight is 384 g/mol. The Kier molecular flexibility index (Phi) is 5.56. The summed E-state index contributed by atoms with van der Waals surface area (Å²) >= 11 is 1.42. The van der Waals surface area contributed by atoms with E-state index in [1.807, 2.05) is 26.0 Å². The Morgan fingerprint density at radius 2 is 1.93 bits per heavy atom. The Hall–Kier alpha value is -2.73. The van der Waals surface area contributed by atoms with Gasteiger partial charge in [-0.25, -0.2) is 4.79 Å². The van der Waals surface area contributed by atoms with Crippen LogP contribution in [-0.2, 0) is 16.1 Å². The first-order valence-corrected chi connectivity index (χ1v) is 9.44. The van der Waals surface area contributed by atoms with E-state index in [1.54, 1.807) is 13.0 Å². The molecule has 0 spiro atoms. The third kappa shape index (κ3) is 4.34. The van der Waals surface area contributed by atoms with Crippen LogP contribution in [0.4, 0.5) is 0 Å². The lowest BCUT2D eigenvalue weighted by atomic mass is 10.1. The first-order chi connectivity index (χ1) is 12.8. The number of thioether (sulfide) groups is 1. The highest BCUT2D eigenvalue weighted by atomic mass is 32.2. The molecule has 1 N–H and O–H groups in total. The van der Waals surface area contributed by atoms with E-state index in [0.29, 0.717) is 22.1 Å². The van der Waals surface area contributed by atoms with Crippen molar-refractivity contribution in [2.24, 2.45) is 0 Å². The fourth-order valence-corrected chi connectivity index (χ4v) is 3.64. The number of hydrogen-bond acceptors (Lipinski definition) is 6. The topological polar surface area (TPSA) is 76.7 Å². The summed E-state index contributed by atoms with van der Waals surface area (Å²) in [6, 6.07) is 10.6. The molecular formula is C21H20O5S. The normalized spacial score (nSPS) is 10.9. The molecule has 5 nitrogen and oxygen atoms in total. The molecule has 0 atom stereocenters. The number of hydrogen-bond donors (Lipinski definition) is 1. The van der Waals surface area contributed by atoms with Crippen LogP contribution in [0, 0.1) is 20.8 Å². The van der Waals surface area contributed by atoms with Crippen molar-refractivity contribution in [3.8, 4) is 5.75 Å². The lowest BCUT2D eigenvalue weighted by Crippen LogP contribution is -2.09. The number of esters is 1. The van der Waals surface area contributed by atoms with Crippen LogP contribution >= 0.6 is 11.8 Å².